The topological polar surface area (TPSA) is 82.3 Å². The smallest absolute Gasteiger partial charge is 0.231 e. The molecule has 0 radical (unpaired) electrons. The number of nitrogens with zero attached hydrogens (tertiary/aromatic N) is 2. The van der Waals surface area contributed by atoms with Crippen LogP contribution in [0.15, 0.2) is 48.5 Å². The van der Waals surface area contributed by atoms with Crippen LogP contribution >= 0.6 is 0 Å². The molecule has 3 aromatic rings. The summed E-state index contributed by atoms with van der Waals surface area (Å²) in [5.41, 5.74) is 8.70. The number of aromatic nitrogens is 2. The van der Waals surface area contributed by atoms with Gasteiger partial charge < -0.3 is 20.5 Å². The summed E-state index contributed by atoms with van der Waals surface area (Å²) in [5, 5.41) is 3.07. The Kier molecular flexibility index (Phi) is 3.91. The minimum absolute atomic E-state index is 0.216. The van der Waals surface area contributed by atoms with E-state index in [0.29, 0.717) is 34.5 Å². The van der Waals surface area contributed by atoms with Crippen LogP contribution in [-0.4, -0.2) is 16.8 Å². The fourth-order valence-electron chi connectivity index (χ4n) is 2.52. The molecular weight excluding hydrogens is 323 g/mol. The molecule has 0 fully saturated rings. The van der Waals surface area contributed by atoms with Crippen LogP contribution in [0.2, 0.25) is 0 Å². The second kappa shape index (κ2) is 6.37. The van der Waals surface area contributed by atoms with E-state index in [9.17, 15) is 4.39 Å². The normalized spacial score (nSPS) is 12.2. The van der Waals surface area contributed by atoms with Gasteiger partial charge in [-0.1, -0.05) is 0 Å². The third-order valence-corrected chi connectivity index (χ3v) is 3.76. The number of anilines is 2. The van der Waals surface area contributed by atoms with E-state index in [0.717, 1.165) is 5.56 Å². The highest BCUT2D eigenvalue weighted by molar-refractivity contribution is 5.66. The Hall–Kier alpha value is -3.19. The van der Waals surface area contributed by atoms with Crippen molar-refractivity contribution in [2.24, 2.45) is 5.73 Å². The number of hydrogen-bond donors (Lipinski definition) is 2. The maximum Gasteiger partial charge on any atom is 0.231 e. The molecule has 7 heteroatoms. The summed E-state index contributed by atoms with van der Waals surface area (Å²) in [4.78, 5) is 8.90. The Morgan fingerprint density at radius 1 is 1.00 bits per heavy atom. The highest BCUT2D eigenvalue weighted by Gasteiger charge is 2.15. The second-order valence-corrected chi connectivity index (χ2v) is 5.47. The molecule has 0 spiro atoms. The third kappa shape index (κ3) is 3.22. The lowest BCUT2D eigenvalue weighted by Gasteiger charge is -2.10. The molecule has 4 rings (SSSR count). The van der Waals surface area contributed by atoms with Gasteiger partial charge in [0.1, 0.15) is 5.82 Å². The van der Waals surface area contributed by atoms with Crippen molar-refractivity contribution in [2.75, 3.05) is 12.1 Å². The number of nitrogens with two attached hydrogens (primary N) is 1. The first kappa shape index (κ1) is 15.3. The van der Waals surface area contributed by atoms with E-state index in [-0.39, 0.29) is 19.2 Å². The monoisotopic (exact) mass is 338 g/mol. The minimum atomic E-state index is -0.303. The number of fused-ring (bicyclic) bond motifs is 1. The third-order valence-electron chi connectivity index (χ3n) is 3.76. The maximum atomic E-state index is 13.0. The summed E-state index contributed by atoms with van der Waals surface area (Å²) >= 11 is 0. The summed E-state index contributed by atoms with van der Waals surface area (Å²) in [6, 6.07) is 13.4. The van der Waals surface area contributed by atoms with Crippen molar-refractivity contribution in [1.29, 1.82) is 0 Å². The predicted octanol–water partition coefficient (Wildman–Crippen LogP) is 3.21. The van der Waals surface area contributed by atoms with Crippen LogP contribution in [0, 0.1) is 5.82 Å². The quantitative estimate of drug-likeness (QED) is 0.760. The molecule has 0 bridgehead atoms. The Balaban J connectivity index is 1.69. The molecule has 3 N–H and O–H groups in total. The van der Waals surface area contributed by atoms with Gasteiger partial charge in [-0.05, 0) is 48.5 Å². The van der Waals surface area contributed by atoms with Crippen molar-refractivity contribution in [2.45, 2.75) is 6.54 Å². The van der Waals surface area contributed by atoms with Crippen molar-refractivity contribution < 1.29 is 13.9 Å². The number of ether oxygens (including phenoxy) is 2. The Labute approximate surface area is 143 Å². The van der Waals surface area contributed by atoms with Gasteiger partial charge in [0.05, 0.1) is 11.4 Å². The Morgan fingerprint density at radius 3 is 2.60 bits per heavy atom. The molecule has 2 heterocycles. The average Bonchev–Trinajstić information content (AvgIpc) is 3.11. The highest BCUT2D eigenvalue weighted by atomic mass is 19.1. The fourth-order valence-corrected chi connectivity index (χ4v) is 2.52. The molecule has 25 heavy (non-hydrogen) atoms. The summed E-state index contributed by atoms with van der Waals surface area (Å²) in [6.45, 7) is 0.492. The standard InChI is InChI=1S/C18H15FN4O2/c19-12-2-4-13(5-3-12)21-18-22-14(9-20)8-15(23-18)11-1-6-16-17(7-11)25-10-24-16/h1-8H,9-10,20H2,(H,21,22,23). The van der Waals surface area contributed by atoms with Crippen LogP contribution in [0.5, 0.6) is 11.5 Å². The van der Waals surface area contributed by atoms with Crippen LogP contribution in [0.3, 0.4) is 0 Å². The molecular formula is C18H15FN4O2. The van der Waals surface area contributed by atoms with Crippen molar-refractivity contribution in [3.8, 4) is 22.8 Å². The zero-order valence-electron chi connectivity index (χ0n) is 13.2. The largest absolute Gasteiger partial charge is 0.454 e. The van der Waals surface area contributed by atoms with Gasteiger partial charge in [0.15, 0.2) is 11.5 Å². The summed E-state index contributed by atoms with van der Waals surface area (Å²) < 4.78 is 23.8. The highest BCUT2D eigenvalue weighted by Crippen LogP contribution is 2.35. The molecule has 0 saturated heterocycles. The lowest BCUT2D eigenvalue weighted by atomic mass is 10.1. The molecule has 1 aromatic heterocycles. The lowest BCUT2D eigenvalue weighted by molar-refractivity contribution is 0.174. The molecule has 1 aliphatic rings. The number of halogens is 1. The van der Waals surface area contributed by atoms with E-state index >= 15 is 0 Å². The molecule has 0 aliphatic carbocycles. The zero-order valence-corrected chi connectivity index (χ0v) is 13.2. The average molecular weight is 338 g/mol. The molecule has 1 aliphatic heterocycles. The Bertz CT molecular complexity index is 915. The van der Waals surface area contributed by atoms with Crippen LogP contribution in [-0.2, 0) is 6.54 Å². The van der Waals surface area contributed by atoms with E-state index in [1.165, 1.54) is 12.1 Å². The van der Waals surface area contributed by atoms with E-state index < -0.39 is 0 Å². The maximum absolute atomic E-state index is 13.0. The van der Waals surface area contributed by atoms with Crippen LogP contribution in [0.1, 0.15) is 5.69 Å². The molecule has 6 nitrogen and oxygen atoms in total. The van der Waals surface area contributed by atoms with Gasteiger partial charge in [-0.25, -0.2) is 14.4 Å². The molecule has 2 aromatic carbocycles. The van der Waals surface area contributed by atoms with Crippen LogP contribution in [0.25, 0.3) is 11.3 Å². The van der Waals surface area contributed by atoms with Gasteiger partial charge >= 0.3 is 0 Å². The molecule has 0 saturated carbocycles. The fraction of sp³-hybridized carbons (Fsp3) is 0.111. The van der Waals surface area contributed by atoms with Crippen molar-refractivity contribution >= 4 is 11.6 Å². The molecule has 126 valence electrons. The van der Waals surface area contributed by atoms with Crippen molar-refractivity contribution in [3.05, 3.63) is 60.0 Å². The summed E-state index contributed by atoms with van der Waals surface area (Å²) in [7, 11) is 0. The van der Waals surface area contributed by atoms with Gasteiger partial charge in [-0.2, -0.15) is 0 Å². The summed E-state index contributed by atoms with van der Waals surface area (Å²) in [6.07, 6.45) is 0. The predicted molar refractivity (Wildman–Crippen MR) is 91.2 cm³/mol. The number of rotatable bonds is 4. The first-order valence-electron chi connectivity index (χ1n) is 7.72. The first-order valence-corrected chi connectivity index (χ1v) is 7.72. The molecule has 0 amide bonds. The lowest BCUT2D eigenvalue weighted by Crippen LogP contribution is -2.05. The van der Waals surface area contributed by atoms with Gasteiger partial charge in [-0.15, -0.1) is 0 Å². The Morgan fingerprint density at radius 2 is 1.80 bits per heavy atom. The second-order valence-electron chi connectivity index (χ2n) is 5.47. The number of nitrogens with one attached hydrogen (secondary N) is 1. The number of hydrogen-bond acceptors (Lipinski definition) is 6. The van der Waals surface area contributed by atoms with Gasteiger partial charge in [-0.3, -0.25) is 0 Å². The minimum Gasteiger partial charge on any atom is -0.454 e. The summed E-state index contributed by atoms with van der Waals surface area (Å²) in [5.74, 6) is 1.48. The van der Waals surface area contributed by atoms with Gasteiger partial charge in [0.25, 0.3) is 0 Å². The molecule has 0 unspecified atom stereocenters. The van der Waals surface area contributed by atoms with Crippen LogP contribution < -0.4 is 20.5 Å². The van der Waals surface area contributed by atoms with Crippen molar-refractivity contribution in [1.82, 2.24) is 9.97 Å². The van der Waals surface area contributed by atoms with Crippen LogP contribution in [0.4, 0.5) is 16.0 Å². The van der Waals surface area contributed by atoms with E-state index in [4.69, 9.17) is 15.2 Å². The SMILES string of the molecule is NCc1cc(-c2ccc3c(c2)OCO3)nc(Nc2ccc(F)cc2)n1. The first-order chi connectivity index (χ1) is 12.2. The van der Waals surface area contributed by atoms with E-state index in [1.807, 2.05) is 24.3 Å². The van der Waals surface area contributed by atoms with Gasteiger partial charge in [0.2, 0.25) is 12.7 Å². The van der Waals surface area contributed by atoms with Gasteiger partial charge in [0, 0.05) is 17.8 Å². The zero-order chi connectivity index (χ0) is 17.2. The van der Waals surface area contributed by atoms with E-state index in [2.05, 4.69) is 15.3 Å². The van der Waals surface area contributed by atoms with Crippen molar-refractivity contribution in [3.63, 3.8) is 0 Å². The molecule has 0 atom stereocenters. The number of benzene rings is 2. The van der Waals surface area contributed by atoms with E-state index in [1.54, 1.807) is 12.1 Å².